The van der Waals surface area contributed by atoms with Crippen molar-refractivity contribution in [2.75, 3.05) is 6.61 Å². The molecule has 1 unspecified atom stereocenters. The molecule has 4 rings (SSSR count). The van der Waals surface area contributed by atoms with Gasteiger partial charge in [0.2, 0.25) is 0 Å². The highest BCUT2D eigenvalue weighted by atomic mass is 32.1. The lowest BCUT2D eigenvalue weighted by atomic mass is 10.1. The van der Waals surface area contributed by atoms with Crippen molar-refractivity contribution in [3.63, 3.8) is 0 Å². The molecule has 1 aliphatic rings. The summed E-state index contributed by atoms with van der Waals surface area (Å²) in [5.41, 5.74) is 6.08. The van der Waals surface area contributed by atoms with E-state index in [1.807, 2.05) is 0 Å². The molecule has 2 heterocycles. The van der Waals surface area contributed by atoms with Gasteiger partial charge in [-0.15, -0.1) is 11.3 Å². The Kier molecular flexibility index (Phi) is 5.55. The number of hydrogen-bond donors (Lipinski definition) is 0. The Morgan fingerprint density at radius 2 is 1.89 bits per heavy atom. The molecule has 1 saturated heterocycles. The van der Waals surface area contributed by atoms with Gasteiger partial charge in [0.15, 0.2) is 4.80 Å². The second-order valence-corrected chi connectivity index (χ2v) is 7.98. The molecule has 4 heteroatoms. The van der Waals surface area contributed by atoms with E-state index in [0.717, 1.165) is 42.9 Å². The van der Waals surface area contributed by atoms with Gasteiger partial charge in [-0.05, 0) is 49.4 Å². The number of hydrogen-bond acceptors (Lipinski definition) is 3. The summed E-state index contributed by atoms with van der Waals surface area (Å²) >= 11 is 1.70. The summed E-state index contributed by atoms with van der Waals surface area (Å²) in [6, 6.07) is 17.3. The predicted molar refractivity (Wildman–Crippen MR) is 112 cm³/mol. The summed E-state index contributed by atoms with van der Waals surface area (Å²) in [5, 5.41) is 2.22. The molecule has 0 saturated carbocycles. The largest absolute Gasteiger partial charge is 0.376 e. The van der Waals surface area contributed by atoms with Crippen LogP contribution in [0.25, 0.3) is 11.3 Å². The molecule has 0 amide bonds. The average molecular weight is 379 g/mol. The summed E-state index contributed by atoms with van der Waals surface area (Å²) in [6.07, 6.45) is 3.61. The summed E-state index contributed by atoms with van der Waals surface area (Å²) in [6.45, 7) is 6.03. The van der Waals surface area contributed by atoms with Gasteiger partial charge < -0.3 is 9.30 Å². The predicted octanol–water partition coefficient (Wildman–Crippen LogP) is 5.50. The Morgan fingerprint density at radius 1 is 1.11 bits per heavy atom. The minimum absolute atomic E-state index is 0.283. The van der Waals surface area contributed by atoms with E-state index in [4.69, 9.17) is 9.73 Å². The van der Waals surface area contributed by atoms with Crippen LogP contribution >= 0.6 is 11.3 Å². The van der Waals surface area contributed by atoms with E-state index in [-0.39, 0.29) is 6.10 Å². The van der Waals surface area contributed by atoms with E-state index >= 15 is 0 Å². The maximum atomic E-state index is 5.91. The van der Waals surface area contributed by atoms with Gasteiger partial charge in [0.25, 0.3) is 0 Å². The minimum Gasteiger partial charge on any atom is -0.376 e. The fourth-order valence-electron chi connectivity index (χ4n) is 3.46. The van der Waals surface area contributed by atoms with E-state index in [2.05, 4.69) is 72.3 Å². The van der Waals surface area contributed by atoms with Crippen molar-refractivity contribution >= 4 is 17.0 Å². The van der Waals surface area contributed by atoms with Gasteiger partial charge >= 0.3 is 0 Å². The number of benzene rings is 2. The zero-order valence-corrected chi connectivity index (χ0v) is 16.8. The second-order valence-electron chi connectivity index (χ2n) is 7.15. The summed E-state index contributed by atoms with van der Waals surface area (Å²) < 4.78 is 8.25. The van der Waals surface area contributed by atoms with Crippen molar-refractivity contribution in [2.24, 2.45) is 4.99 Å². The van der Waals surface area contributed by atoms with Crippen molar-refractivity contribution in [2.45, 2.75) is 45.8 Å². The van der Waals surface area contributed by atoms with Crippen LogP contribution in [-0.2, 0) is 17.7 Å². The molecule has 3 nitrogen and oxygen atoms in total. The average Bonchev–Trinajstić information content (AvgIpc) is 3.34. The highest BCUT2D eigenvalue weighted by molar-refractivity contribution is 7.07. The lowest BCUT2D eigenvalue weighted by Gasteiger charge is -2.14. The quantitative estimate of drug-likeness (QED) is 0.576. The van der Waals surface area contributed by atoms with Gasteiger partial charge in [-0.1, -0.05) is 48.9 Å². The molecule has 0 bridgehead atoms. The molecule has 140 valence electrons. The molecule has 1 aliphatic heterocycles. The maximum Gasteiger partial charge on any atom is 0.190 e. The van der Waals surface area contributed by atoms with E-state index in [1.165, 1.54) is 22.4 Å². The monoisotopic (exact) mass is 378 g/mol. The second kappa shape index (κ2) is 8.24. The van der Waals surface area contributed by atoms with Crippen molar-refractivity contribution in [1.82, 2.24) is 4.57 Å². The molecule has 27 heavy (non-hydrogen) atoms. The highest BCUT2D eigenvalue weighted by Crippen LogP contribution is 2.24. The molecule has 0 radical (unpaired) electrons. The molecular weight excluding hydrogens is 352 g/mol. The van der Waals surface area contributed by atoms with Crippen LogP contribution in [-0.4, -0.2) is 17.3 Å². The van der Waals surface area contributed by atoms with Crippen molar-refractivity contribution in [3.05, 3.63) is 69.8 Å². The van der Waals surface area contributed by atoms with Gasteiger partial charge in [0.05, 0.1) is 24.0 Å². The summed E-state index contributed by atoms with van der Waals surface area (Å²) in [7, 11) is 0. The number of aryl methyl sites for hydroxylation is 2. The number of rotatable bonds is 5. The minimum atomic E-state index is 0.283. The third-order valence-corrected chi connectivity index (χ3v) is 5.99. The fraction of sp³-hybridized carbons (Fsp3) is 0.348. The first kappa shape index (κ1) is 18.2. The summed E-state index contributed by atoms with van der Waals surface area (Å²) in [5.74, 6) is 0. The SMILES string of the molecule is CCc1ccc(N=c2scc(-c3ccc(C)cc3)n2CC2CCCO2)cc1. The number of ether oxygens (including phenoxy) is 1. The first-order valence-electron chi connectivity index (χ1n) is 9.73. The van der Waals surface area contributed by atoms with Crippen molar-refractivity contribution in [3.8, 4) is 11.3 Å². The van der Waals surface area contributed by atoms with Crippen molar-refractivity contribution in [1.29, 1.82) is 0 Å². The normalized spacial score (nSPS) is 17.6. The number of aromatic nitrogens is 1. The molecule has 1 atom stereocenters. The lowest BCUT2D eigenvalue weighted by molar-refractivity contribution is 0.0968. The molecule has 1 fully saturated rings. The molecule has 3 aromatic rings. The van der Waals surface area contributed by atoms with Gasteiger partial charge in [-0.2, -0.15) is 0 Å². The number of nitrogens with zero attached hydrogens (tertiary/aromatic N) is 2. The zero-order valence-electron chi connectivity index (χ0n) is 16.0. The Morgan fingerprint density at radius 3 is 2.56 bits per heavy atom. The van der Waals surface area contributed by atoms with E-state index in [9.17, 15) is 0 Å². The molecule has 1 aromatic heterocycles. The Labute approximate surface area is 165 Å². The zero-order chi connectivity index (χ0) is 18.6. The van der Waals surface area contributed by atoms with Crippen LogP contribution in [0.1, 0.15) is 30.9 Å². The fourth-order valence-corrected chi connectivity index (χ4v) is 4.40. The van der Waals surface area contributed by atoms with E-state index in [0.29, 0.717) is 0 Å². The number of thiazole rings is 1. The first-order valence-corrected chi connectivity index (χ1v) is 10.6. The third-order valence-electron chi connectivity index (χ3n) is 5.12. The van der Waals surface area contributed by atoms with E-state index in [1.54, 1.807) is 11.3 Å². The van der Waals surface area contributed by atoms with Gasteiger partial charge in [0, 0.05) is 12.0 Å². The van der Waals surface area contributed by atoms with Crippen LogP contribution < -0.4 is 4.80 Å². The van der Waals surface area contributed by atoms with Gasteiger partial charge in [-0.3, -0.25) is 0 Å². The first-order chi connectivity index (χ1) is 13.2. The molecular formula is C23H26N2OS. The third kappa shape index (κ3) is 4.23. The van der Waals surface area contributed by atoms with Crippen LogP contribution in [0.2, 0.25) is 0 Å². The Hall–Kier alpha value is -2.17. The molecule has 0 spiro atoms. The van der Waals surface area contributed by atoms with Crippen LogP contribution in [0, 0.1) is 6.92 Å². The van der Waals surface area contributed by atoms with Crippen molar-refractivity contribution < 1.29 is 4.74 Å². The van der Waals surface area contributed by atoms with Crippen LogP contribution in [0.3, 0.4) is 0 Å². The topological polar surface area (TPSA) is 26.5 Å². The highest BCUT2D eigenvalue weighted by Gasteiger charge is 2.19. The smallest absolute Gasteiger partial charge is 0.190 e. The van der Waals surface area contributed by atoms with Gasteiger partial charge in [-0.25, -0.2) is 4.99 Å². The molecule has 0 aliphatic carbocycles. The van der Waals surface area contributed by atoms with Crippen LogP contribution in [0.5, 0.6) is 0 Å². The molecule has 0 N–H and O–H groups in total. The van der Waals surface area contributed by atoms with Crippen LogP contribution in [0.4, 0.5) is 5.69 Å². The van der Waals surface area contributed by atoms with Crippen LogP contribution in [0.15, 0.2) is 58.9 Å². The van der Waals surface area contributed by atoms with E-state index < -0.39 is 0 Å². The summed E-state index contributed by atoms with van der Waals surface area (Å²) in [4.78, 5) is 5.98. The maximum absolute atomic E-state index is 5.91. The lowest BCUT2D eigenvalue weighted by Crippen LogP contribution is -2.24. The van der Waals surface area contributed by atoms with Gasteiger partial charge in [0.1, 0.15) is 0 Å². The standard InChI is InChI=1S/C23H26N2OS/c1-3-18-8-12-20(13-9-18)24-23-25(15-21-5-4-14-26-21)22(16-27-23)19-10-6-17(2)7-11-19/h6-13,16,21H,3-5,14-15H2,1-2H3. The molecule has 2 aromatic carbocycles. The Balaban J connectivity index is 1.75. The Bertz CT molecular complexity index is 945.